The van der Waals surface area contributed by atoms with Gasteiger partial charge >= 0.3 is 12.1 Å². The lowest BCUT2D eigenvalue weighted by molar-refractivity contribution is -0.192. The Hall–Kier alpha value is -2.22. The zero-order chi connectivity index (χ0) is 26.8. The number of piperazine rings is 1. The average Bonchev–Trinajstić information content (AvgIpc) is 2.78. The molecular weight excluding hydrogens is 491 g/mol. The summed E-state index contributed by atoms with van der Waals surface area (Å²) in [6, 6.07) is 3.64. The van der Waals surface area contributed by atoms with E-state index in [9.17, 15) is 26.4 Å². The van der Waals surface area contributed by atoms with Gasteiger partial charge in [-0.2, -0.15) is 17.5 Å². The van der Waals surface area contributed by atoms with Gasteiger partial charge in [0.05, 0.1) is 4.90 Å². The number of carbonyl (C=O) groups is 2. The molecule has 0 unspecified atom stereocenters. The highest BCUT2D eigenvalue weighted by molar-refractivity contribution is 7.89. The fourth-order valence-electron chi connectivity index (χ4n) is 3.38. The van der Waals surface area contributed by atoms with Crippen molar-refractivity contribution in [1.82, 2.24) is 14.5 Å². The number of carboxylic acids is 1. The summed E-state index contributed by atoms with van der Waals surface area (Å²) in [4.78, 5) is 23.5. The molecule has 1 aromatic rings. The van der Waals surface area contributed by atoms with Gasteiger partial charge in [0.25, 0.3) is 0 Å². The average molecular weight is 526 g/mol. The molecule has 1 aliphatic rings. The number of alkyl halides is 3. The van der Waals surface area contributed by atoms with Crippen LogP contribution in [0.4, 0.5) is 13.2 Å². The minimum absolute atomic E-state index is 0.00486. The van der Waals surface area contributed by atoms with Crippen molar-refractivity contribution < 1.29 is 41.0 Å². The van der Waals surface area contributed by atoms with Gasteiger partial charge in [0, 0.05) is 59.4 Å². The molecule has 1 heterocycles. The predicted molar refractivity (Wildman–Crippen MR) is 124 cm³/mol. The second-order valence-corrected chi connectivity index (χ2v) is 10.0. The van der Waals surface area contributed by atoms with E-state index >= 15 is 0 Å². The molecule has 1 fully saturated rings. The first kappa shape index (κ1) is 30.8. The molecular formula is C22H34F3N3O6S. The largest absolute Gasteiger partial charge is 0.490 e. The number of nitrogens with one attached hydrogen (secondary N) is 1. The number of amides is 1. The topological polar surface area (TPSA) is 116 Å². The normalized spacial score (nSPS) is 14.5. The highest BCUT2D eigenvalue weighted by atomic mass is 32.2. The number of rotatable bonds is 9. The molecule has 1 aromatic carbocycles. The van der Waals surface area contributed by atoms with Gasteiger partial charge in [0.1, 0.15) is 0 Å². The summed E-state index contributed by atoms with van der Waals surface area (Å²) >= 11 is 0. The summed E-state index contributed by atoms with van der Waals surface area (Å²) in [5.41, 5.74) is 2.74. The summed E-state index contributed by atoms with van der Waals surface area (Å²) in [5, 5.41) is 10.3. The summed E-state index contributed by atoms with van der Waals surface area (Å²) < 4.78 is 65.0. The lowest BCUT2D eigenvalue weighted by atomic mass is 10.1. The van der Waals surface area contributed by atoms with Crippen molar-refractivity contribution in [3.05, 3.63) is 28.8 Å². The molecule has 35 heavy (non-hydrogen) atoms. The van der Waals surface area contributed by atoms with Crippen LogP contribution in [-0.2, 0) is 24.3 Å². The summed E-state index contributed by atoms with van der Waals surface area (Å²) in [5.74, 6) is -2.75. The van der Waals surface area contributed by atoms with Crippen LogP contribution in [0.15, 0.2) is 17.0 Å². The number of aryl methyl sites for hydroxylation is 3. The Labute approximate surface area is 204 Å². The van der Waals surface area contributed by atoms with E-state index in [1.54, 1.807) is 18.1 Å². The zero-order valence-corrected chi connectivity index (χ0v) is 21.3. The van der Waals surface area contributed by atoms with Crippen LogP contribution in [0.25, 0.3) is 0 Å². The molecule has 1 saturated heterocycles. The van der Waals surface area contributed by atoms with Gasteiger partial charge in [-0.1, -0.05) is 6.07 Å². The van der Waals surface area contributed by atoms with Crippen LogP contribution < -0.4 is 5.32 Å². The zero-order valence-electron chi connectivity index (χ0n) is 20.4. The van der Waals surface area contributed by atoms with Gasteiger partial charge in [-0.25, -0.2) is 13.2 Å². The minimum atomic E-state index is -5.08. The molecule has 0 aromatic heterocycles. The van der Waals surface area contributed by atoms with E-state index in [0.29, 0.717) is 37.6 Å². The number of sulfonamides is 1. The number of ether oxygens (including phenoxy) is 1. The van der Waals surface area contributed by atoms with E-state index in [4.69, 9.17) is 14.6 Å². The Morgan fingerprint density at radius 2 is 1.63 bits per heavy atom. The van der Waals surface area contributed by atoms with E-state index in [0.717, 1.165) is 29.8 Å². The molecule has 0 atom stereocenters. The third kappa shape index (κ3) is 9.74. The Morgan fingerprint density at radius 1 is 1.09 bits per heavy atom. The van der Waals surface area contributed by atoms with Crippen molar-refractivity contribution in [3.8, 4) is 0 Å². The lowest BCUT2D eigenvalue weighted by Crippen LogP contribution is -2.47. The fourth-order valence-corrected chi connectivity index (χ4v) is 5.15. The van der Waals surface area contributed by atoms with Crippen LogP contribution in [0.1, 0.15) is 29.5 Å². The SMILES string of the molecule is COCCCN(CCC(=O)N1CCNCC1)S(=O)(=O)c1cc(C)c(C)cc1C.O=C(O)C(F)(F)F. The Balaban J connectivity index is 0.000000762. The van der Waals surface area contributed by atoms with Crippen molar-refractivity contribution >= 4 is 21.9 Å². The maximum absolute atomic E-state index is 13.3. The highest BCUT2D eigenvalue weighted by Gasteiger charge is 2.38. The van der Waals surface area contributed by atoms with Crippen LogP contribution in [0.2, 0.25) is 0 Å². The number of hydrogen-bond acceptors (Lipinski definition) is 6. The third-order valence-corrected chi connectivity index (χ3v) is 7.49. The molecule has 2 rings (SSSR count). The molecule has 9 nitrogen and oxygen atoms in total. The summed E-state index contributed by atoms with van der Waals surface area (Å²) in [7, 11) is -2.09. The van der Waals surface area contributed by atoms with Gasteiger partial charge in [-0.3, -0.25) is 4.79 Å². The van der Waals surface area contributed by atoms with Crippen molar-refractivity contribution in [3.63, 3.8) is 0 Å². The molecule has 200 valence electrons. The van der Waals surface area contributed by atoms with Crippen LogP contribution in [0.3, 0.4) is 0 Å². The van der Waals surface area contributed by atoms with Gasteiger partial charge in [0.15, 0.2) is 0 Å². The number of halogens is 3. The van der Waals surface area contributed by atoms with Crippen molar-refractivity contribution in [1.29, 1.82) is 0 Å². The molecule has 0 saturated carbocycles. The minimum Gasteiger partial charge on any atom is -0.475 e. The number of methoxy groups -OCH3 is 1. The molecule has 0 radical (unpaired) electrons. The van der Waals surface area contributed by atoms with Gasteiger partial charge in [0.2, 0.25) is 15.9 Å². The van der Waals surface area contributed by atoms with E-state index in [1.165, 1.54) is 4.31 Å². The Kier molecular flexibility index (Phi) is 12.1. The third-order valence-electron chi connectivity index (χ3n) is 5.45. The summed E-state index contributed by atoms with van der Waals surface area (Å²) in [6.07, 6.45) is -4.31. The quantitative estimate of drug-likeness (QED) is 0.475. The first-order valence-corrected chi connectivity index (χ1v) is 12.5. The van der Waals surface area contributed by atoms with Gasteiger partial charge < -0.3 is 20.1 Å². The molecule has 2 N–H and O–H groups in total. The van der Waals surface area contributed by atoms with E-state index in [2.05, 4.69) is 5.32 Å². The fraction of sp³-hybridized carbons (Fsp3) is 0.636. The molecule has 13 heteroatoms. The number of benzene rings is 1. The van der Waals surface area contributed by atoms with E-state index in [1.807, 2.05) is 26.8 Å². The monoisotopic (exact) mass is 525 g/mol. The number of carboxylic acid groups (broad SMARTS) is 1. The van der Waals surface area contributed by atoms with Crippen LogP contribution in [0.5, 0.6) is 0 Å². The van der Waals surface area contributed by atoms with Crippen LogP contribution >= 0.6 is 0 Å². The number of aliphatic carboxylic acids is 1. The molecule has 0 aliphatic carbocycles. The smallest absolute Gasteiger partial charge is 0.475 e. The molecule has 0 bridgehead atoms. The Morgan fingerprint density at radius 3 is 2.14 bits per heavy atom. The second-order valence-electron chi connectivity index (χ2n) is 8.14. The van der Waals surface area contributed by atoms with Gasteiger partial charge in [-0.05, 0) is 49.9 Å². The number of carbonyl (C=O) groups excluding carboxylic acids is 1. The highest BCUT2D eigenvalue weighted by Crippen LogP contribution is 2.24. The van der Waals surface area contributed by atoms with Crippen molar-refractivity contribution in [2.75, 3.05) is 53.0 Å². The number of hydrogen-bond donors (Lipinski definition) is 2. The lowest BCUT2D eigenvalue weighted by Gasteiger charge is -2.29. The van der Waals surface area contributed by atoms with Crippen LogP contribution in [-0.4, -0.2) is 93.8 Å². The maximum Gasteiger partial charge on any atom is 0.490 e. The molecule has 0 spiro atoms. The van der Waals surface area contributed by atoms with E-state index in [-0.39, 0.29) is 18.9 Å². The molecule has 1 amide bonds. The standard InChI is InChI=1S/C20H33N3O4S.C2HF3O2/c1-16-14-18(3)19(15-17(16)2)28(25,26)23(9-5-13-27-4)10-6-20(24)22-11-7-21-8-12-22;3-2(4,5)1(6)7/h14-15,21H,5-13H2,1-4H3;(H,6,7). The van der Waals surface area contributed by atoms with E-state index < -0.39 is 22.2 Å². The van der Waals surface area contributed by atoms with Crippen LogP contribution in [0, 0.1) is 20.8 Å². The first-order valence-electron chi connectivity index (χ1n) is 11.1. The maximum atomic E-state index is 13.3. The van der Waals surface area contributed by atoms with Gasteiger partial charge in [-0.15, -0.1) is 0 Å². The molecule has 1 aliphatic heterocycles. The van der Waals surface area contributed by atoms with Crippen molar-refractivity contribution in [2.45, 2.75) is 44.7 Å². The predicted octanol–water partition coefficient (Wildman–Crippen LogP) is 2.09. The summed E-state index contributed by atoms with van der Waals surface area (Å²) in [6.45, 7) is 9.60. The Bertz CT molecular complexity index is 964. The second kappa shape index (κ2) is 13.8. The number of nitrogens with zero attached hydrogens (tertiary/aromatic N) is 2. The first-order chi connectivity index (χ1) is 16.2. The van der Waals surface area contributed by atoms with Crippen molar-refractivity contribution in [2.24, 2.45) is 0 Å².